The normalized spacial score (nSPS) is 13.1. The second-order valence-electron chi connectivity index (χ2n) is 8.85. The number of aryl methyl sites for hydroxylation is 1. The molecular formula is C29H22Cl2N2O4S. The number of carbonyl (C=O) groups is 2. The highest BCUT2D eigenvalue weighted by Gasteiger charge is 2.26. The van der Waals surface area contributed by atoms with Gasteiger partial charge >= 0.3 is 0 Å². The quantitative estimate of drug-likeness (QED) is 0.267. The van der Waals surface area contributed by atoms with Gasteiger partial charge in [0.15, 0.2) is 5.78 Å². The first kappa shape index (κ1) is 26.0. The van der Waals surface area contributed by atoms with Crippen LogP contribution in [-0.4, -0.2) is 26.7 Å². The number of nitrogens with zero attached hydrogens (tertiary/aromatic N) is 1. The van der Waals surface area contributed by atoms with Crippen molar-refractivity contribution in [1.82, 2.24) is 0 Å². The lowest BCUT2D eigenvalue weighted by molar-refractivity contribution is 0.0984. The van der Waals surface area contributed by atoms with Crippen LogP contribution in [0, 0.1) is 0 Å². The van der Waals surface area contributed by atoms with Crippen molar-refractivity contribution < 1.29 is 18.0 Å². The Hall–Kier alpha value is -3.65. The predicted molar refractivity (Wildman–Crippen MR) is 150 cm³/mol. The van der Waals surface area contributed by atoms with E-state index in [1.165, 1.54) is 24.3 Å². The third kappa shape index (κ3) is 5.31. The zero-order valence-electron chi connectivity index (χ0n) is 20.0. The fourth-order valence-corrected chi connectivity index (χ4v) is 5.87. The zero-order valence-corrected chi connectivity index (χ0v) is 22.4. The van der Waals surface area contributed by atoms with Crippen molar-refractivity contribution in [3.05, 3.63) is 123 Å². The van der Waals surface area contributed by atoms with Crippen molar-refractivity contribution in [3.8, 4) is 0 Å². The summed E-state index contributed by atoms with van der Waals surface area (Å²) in [5.74, 6) is -0.533. The number of nitrogens with one attached hydrogen (secondary N) is 1. The van der Waals surface area contributed by atoms with E-state index >= 15 is 0 Å². The molecule has 0 spiro atoms. The van der Waals surface area contributed by atoms with Crippen molar-refractivity contribution in [1.29, 1.82) is 0 Å². The van der Waals surface area contributed by atoms with Gasteiger partial charge in [0.05, 0.1) is 10.6 Å². The van der Waals surface area contributed by atoms with E-state index in [0.717, 1.165) is 5.56 Å². The SMILES string of the molecule is O=C(c1ccccc1)c1cc(Cl)ccc1NS(=O)(=O)c1ccc2c(c1)CCCN2C(=O)c1ccc(Cl)cc1. The number of hydrogen-bond donors (Lipinski definition) is 1. The van der Waals surface area contributed by atoms with Crippen LogP contribution in [0.1, 0.15) is 38.3 Å². The van der Waals surface area contributed by atoms with Crippen LogP contribution >= 0.6 is 23.2 Å². The highest BCUT2D eigenvalue weighted by Crippen LogP contribution is 2.32. The molecule has 0 radical (unpaired) electrons. The number of benzene rings is 4. The molecule has 1 aliphatic heterocycles. The molecular weight excluding hydrogens is 543 g/mol. The van der Waals surface area contributed by atoms with Gasteiger partial charge in [0.1, 0.15) is 0 Å². The van der Waals surface area contributed by atoms with Gasteiger partial charge in [-0.05, 0) is 79.1 Å². The number of amides is 1. The molecule has 0 aromatic heterocycles. The average molecular weight is 565 g/mol. The van der Waals surface area contributed by atoms with Gasteiger partial charge in [-0.25, -0.2) is 8.42 Å². The highest BCUT2D eigenvalue weighted by atomic mass is 35.5. The van der Waals surface area contributed by atoms with Crippen LogP contribution in [0.25, 0.3) is 0 Å². The van der Waals surface area contributed by atoms with Crippen LogP contribution in [0.15, 0.2) is 95.9 Å². The summed E-state index contributed by atoms with van der Waals surface area (Å²) in [6, 6.07) is 24.4. The number of sulfonamides is 1. The number of halogens is 2. The molecule has 0 fully saturated rings. The Balaban J connectivity index is 1.45. The van der Waals surface area contributed by atoms with Gasteiger partial charge < -0.3 is 4.90 Å². The highest BCUT2D eigenvalue weighted by molar-refractivity contribution is 7.92. The van der Waals surface area contributed by atoms with E-state index < -0.39 is 10.0 Å². The number of hydrogen-bond acceptors (Lipinski definition) is 4. The minimum atomic E-state index is -4.06. The molecule has 6 nitrogen and oxygen atoms in total. The van der Waals surface area contributed by atoms with Crippen LogP contribution in [0.3, 0.4) is 0 Å². The summed E-state index contributed by atoms with van der Waals surface area (Å²) in [5.41, 5.74) is 2.60. The van der Waals surface area contributed by atoms with Crippen molar-refractivity contribution in [2.75, 3.05) is 16.2 Å². The van der Waals surface area contributed by atoms with E-state index in [9.17, 15) is 18.0 Å². The van der Waals surface area contributed by atoms with Gasteiger partial charge in [-0.1, -0.05) is 53.5 Å². The second kappa shape index (κ2) is 10.6. The van der Waals surface area contributed by atoms with Gasteiger partial charge in [-0.2, -0.15) is 0 Å². The molecule has 0 saturated carbocycles. The van der Waals surface area contributed by atoms with E-state index in [4.69, 9.17) is 23.2 Å². The van der Waals surface area contributed by atoms with Crippen LogP contribution < -0.4 is 9.62 Å². The Kier molecular flexibility index (Phi) is 7.25. The first-order chi connectivity index (χ1) is 18.2. The molecule has 0 saturated heterocycles. The maximum atomic E-state index is 13.4. The summed E-state index contributed by atoms with van der Waals surface area (Å²) in [4.78, 5) is 28.0. The molecule has 0 unspecified atom stereocenters. The standard InChI is InChI=1S/C29H22Cl2N2O4S/c30-22-10-8-20(9-11-22)29(35)33-16-4-7-21-17-24(13-15-27(21)33)38(36,37)32-26-14-12-23(31)18-25(26)28(34)19-5-2-1-3-6-19/h1-3,5-6,8-15,17-18,32H,4,7,16H2. The summed E-state index contributed by atoms with van der Waals surface area (Å²) < 4.78 is 29.4. The maximum absolute atomic E-state index is 13.4. The molecule has 1 N–H and O–H groups in total. The van der Waals surface area contributed by atoms with Crippen LogP contribution in [-0.2, 0) is 16.4 Å². The van der Waals surface area contributed by atoms with Gasteiger partial charge in [-0.15, -0.1) is 0 Å². The van der Waals surface area contributed by atoms with E-state index in [-0.39, 0.29) is 27.8 Å². The summed E-state index contributed by atoms with van der Waals surface area (Å²) in [6.45, 7) is 0.522. The minimum absolute atomic E-state index is 0.0325. The lowest BCUT2D eigenvalue weighted by atomic mass is 10.0. The van der Waals surface area contributed by atoms with Crippen molar-refractivity contribution in [2.24, 2.45) is 0 Å². The van der Waals surface area contributed by atoms with Crippen molar-refractivity contribution >= 4 is 56.3 Å². The largest absolute Gasteiger partial charge is 0.308 e. The molecule has 1 heterocycles. The van der Waals surface area contributed by atoms with Gasteiger partial charge in [0.2, 0.25) is 0 Å². The molecule has 1 amide bonds. The molecule has 0 aliphatic carbocycles. The smallest absolute Gasteiger partial charge is 0.261 e. The number of carbonyl (C=O) groups excluding carboxylic acids is 2. The Morgan fingerprint density at radius 3 is 2.24 bits per heavy atom. The molecule has 0 atom stereocenters. The van der Waals surface area contributed by atoms with Crippen molar-refractivity contribution in [3.63, 3.8) is 0 Å². The fraction of sp³-hybridized carbons (Fsp3) is 0.103. The number of fused-ring (bicyclic) bond motifs is 1. The van der Waals surface area contributed by atoms with Gasteiger partial charge in [-0.3, -0.25) is 14.3 Å². The average Bonchev–Trinajstić information content (AvgIpc) is 2.93. The molecule has 4 aromatic rings. The third-order valence-electron chi connectivity index (χ3n) is 6.32. The Labute approximate surface area is 230 Å². The summed E-state index contributed by atoms with van der Waals surface area (Å²) in [7, 11) is -4.06. The lowest BCUT2D eigenvalue weighted by Crippen LogP contribution is -2.35. The summed E-state index contributed by atoms with van der Waals surface area (Å²) in [5, 5.41) is 0.851. The number of ketones is 1. The van der Waals surface area contributed by atoms with Crippen molar-refractivity contribution in [2.45, 2.75) is 17.7 Å². The van der Waals surface area contributed by atoms with Crippen LogP contribution in [0.5, 0.6) is 0 Å². The summed E-state index contributed by atoms with van der Waals surface area (Å²) in [6.07, 6.45) is 1.32. The van der Waals surface area contributed by atoms with Crippen LogP contribution in [0.4, 0.5) is 11.4 Å². The molecule has 0 bridgehead atoms. The third-order valence-corrected chi connectivity index (χ3v) is 8.17. The van der Waals surface area contributed by atoms with E-state index in [1.807, 2.05) is 0 Å². The van der Waals surface area contributed by atoms with Crippen LogP contribution in [0.2, 0.25) is 10.0 Å². The molecule has 38 heavy (non-hydrogen) atoms. The Morgan fingerprint density at radius 1 is 0.789 bits per heavy atom. The molecule has 1 aliphatic rings. The fourth-order valence-electron chi connectivity index (χ4n) is 4.44. The molecule has 9 heteroatoms. The van der Waals surface area contributed by atoms with E-state index in [0.29, 0.717) is 46.2 Å². The second-order valence-corrected chi connectivity index (χ2v) is 11.4. The molecule has 192 valence electrons. The van der Waals surface area contributed by atoms with Gasteiger partial charge in [0.25, 0.3) is 15.9 Å². The van der Waals surface area contributed by atoms with E-state index in [1.54, 1.807) is 71.6 Å². The number of anilines is 2. The predicted octanol–water partition coefficient (Wildman–Crippen LogP) is 6.62. The minimum Gasteiger partial charge on any atom is -0.308 e. The zero-order chi connectivity index (χ0) is 26.9. The first-order valence-corrected chi connectivity index (χ1v) is 14.1. The molecule has 5 rings (SSSR count). The lowest BCUT2D eigenvalue weighted by Gasteiger charge is -2.30. The summed E-state index contributed by atoms with van der Waals surface area (Å²) >= 11 is 12.1. The number of rotatable bonds is 6. The Morgan fingerprint density at radius 2 is 1.50 bits per heavy atom. The Bertz CT molecular complexity index is 1640. The molecule has 4 aromatic carbocycles. The van der Waals surface area contributed by atoms with E-state index in [2.05, 4.69) is 4.72 Å². The maximum Gasteiger partial charge on any atom is 0.261 e. The first-order valence-electron chi connectivity index (χ1n) is 11.9. The monoisotopic (exact) mass is 564 g/mol. The van der Waals surface area contributed by atoms with Gasteiger partial charge in [0, 0.05) is 39.0 Å². The topological polar surface area (TPSA) is 83.6 Å².